The molecule has 1 aliphatic carbocycles. The van der Waals surface area contributed by atoms with Crippen molar-refractivity contribution in [2.45, 2.75) is 50.8 Å². The summed E-state index contributed by atoms with van der Waals surface area (Å²) in [4.78, 5) is 21.1. The molecule has 1 aromatic heterocycles. The van der Waals surface area contributed by atoms with Crippen LogP contribution in [0.2, 0.25) is 0 Å². The van der Waals surface area contributed by atoms with Gasteiger partial charge in [-0.2, -0.15) is 13.8 Å². The molecule has 4 N–H and O–H groups in total. The van der Waals surface area contributed by atoms with Crippen molar-refractivity contribution in [3.8, 4) is 0 Å². The zero-order valence-corrected chi connectivity index (χ0v) is 15.1. The molecular formula is C17H26F2N6O2. The fourth-order valence-electron chi connectivity index (χ4n) is 3.15. The van der Waals surface area contributed by atoms with Crippen LogP contribution in [-0.2, 0) is 4.74 Å². The number of alkyl halides is 2. The summed E-state index contributed by atoms with van der Waals surface area (Å²) in [5, 5.41) is 12.3. The van der Waals surface area contributed by atoms with Crippen LogP contribution in [0, 0.1) is 0 Å². The summed E-state index contributed by atoms with van der Waals surface area (Å²) < 4.78 is 28.3. The van der Waals surface area contributed by atoms with E-state index >= 15 is 0 Å². The van der Waals surface area contributed by atoms with Crippen molar-refractivity contribution >= 4 is 17.7 Å². The van der Waals surface area contributed by atoms with E-state index in [0.29, 0.717) is 11.4 Å². The molecule has 1 aromatic rings. The number of aromatic nitrogens is 2. The lowest BCUT2D eigenvalue weighted by Gasteiger charge is -2.28. The molecule has 0 unspecified atom stereocenters. The minimum absolute atomic E-state index is 0.115. The minimum atomic E-state index is -2.80. The van der Waals surface area contributed by atoms with Gasteiger partial charge in [-0.05, 0) is 12.8 Å². The second-order valence-corrected chi connectivity index (χ2v) is 6.82. The van der Waals surface area contributed by atoms with Crippen molar-refractivity contribution in [3.05, 3.63) is 11.8 Å². The van der Waals surface area contributed by atoms with E-state index in [1.165, 1.54) is 12.6 Å². The first kappa shape index (κ1) is 19.7. The summed E-state index contributed by atoms with van der Waals surface area (Å²) in [7, 11) is 0. The van der Waals surface area contributed by atoms with E-state index in [1.54, 1.807) is 0 Å². The van der Waals surface area contributed by atoms with Crippen LogP contribution in [0.3, 0.4) is 0 Å². The predicted octanol–water partition coefficient (Wildman–Crippen LogP) is 1.57. The Kier molecular flexibility index (Phi) is 7.11. The standard InChI is InChI=1S/C17H26F2N6O2/c18-16(19)27-7-6-21-17-22-10-13(15(26)24-12-8-20-9-12)14(25-17)23-11-4-2-1-3-5-11/h10-12,16,20H,1-9H2,(H,24,26)(H2,21,22,23,25). The number of carbonyl (C=O) groups is 1. The first-order chi connectivity index (χ1) is 13.1. The molecule has 8 nitrogen and oxygen atoms in total. The molecule has 0 bridgehead atoms. The number of rotatable bonds is 9. The molecule has 2 aliphatic rings. The van der Waals surface area contributed by atoms with Gasteiger partial charge in [0.05, 0.1) is 12.6 Å². The molecule has 0 aromatic carbocycles. The van der Waals surface area contributed by atoms with E-state index < -0.39 is 6.61 Å². The molecule has 2 fully saturated rings. The molecule has 2 heterocycles. The normalized spacial score (nSPS) is 18.2. The number of anilines is 2. The number of hydrogen-bond donors (Lipinski definition) is 4. The fraction of sp³-hybridized carbons (Fsp3) is 0.706. The van der Waals surface area contributed by atoms with Crippen LogP contribution in [0.15, 0.2) is 6.20 Å². The lowest BCUT2D eigenvalue weighted by molar-refractivity contribution is -0.125. The van der Waals surface area contributed by atoms with Gasteiger partial charge < -0.3 is 26.0 Å². The Morgan fingerprint density at radius 2 is 2.04 bits per heavy atom. The Hall–Kier alpha value is -2.07. The van der Waals surface area contributed by atoms with Gasteiger partial charge in [0.25, 0.3) is 5.91 Å². The summed E-state index contributed by atoms with van der Waals surface area (Å²) in [6, 6.07) is 0.380. The molecular weight excluding hydrogens is 358 g/mol. The molecule has 0 radical (unpaired) electrons. The van der Waals surface area contributed by atoms with E-state index in [1.807, 2.05) is 0 Å². The van der Waals surface area contributed by atoms with Crippen molar-refractivity contribution < 1.29 is 18.3 Å². The Morgan fingerprint density at radius 3 is 2.70 bits per heavy atom. The third-order valence-corrected chi connectivity index (χ3v) is 4.73. The van der Waals surface area contributed by atoms with Gasteiger partial charge in [0, 0.05) is 31.9 Å². The Balaban J connectivity index is 1.67. The number of ether oxygens (including phenoxy) is 1. The molecule has 1 saturated carbocycles. The van der Waals surface area contributed by atoms with E-state index in [0.717, 1.165) is 38.8 Å². The molecule has 1 aliphatic heterocycles. The molecule has 0 atom stereocenters. The number of halogens is 2. The smallest absolute Gasteiger partial charge is 0.345 e. The molecule has 27 heavy (non-hydrogen) atoms. The van der Waals surface area contributed by atoms with Crippen molar-refractivity contribution in [3.63, 3.8) is 0 Å². The zero-order valence-electron chi connectivity index (χ0n) is 15.1. The first-order valence-electron chi connectivity index (χ1n) is 9.40. The highest BCUT2D eigenvalue weighted by molar-refractivity contribution is 5.98. The maximum absolute atomic E-state index is 12.6. The van der Waals surface area contributed by atoms with Crippen LogP contribution >= 0.6 is 0 Å². The van der Waals surface area contributed by atoms with E-state index in [-0.39, 0.29) is 37.1 Å². The number of nitrogens with one attached hydrogen (secondary N) is 4. The van der Waals surface area contributed by atoms with Gasteiger partial charge in [-0.1, -0.05) is 19.3 Å². The number of amides is 1. The minimum Gasteiger partial charge on any atom is -0.367 e. The lowest BCUT2D eigenvalue weighted by Crippen LogP contribution is -2.57. The van der Waals surface area contributed by atoms with Crippen LogP contribution in [0.4, 0.5) is 20.5 Å². The maximum Gasteiger partial charge on any atom is 0.345 e. The highest BCUT2D eigenvalue weighted by Gasteiger charge is 2.24. The molecule has 1 amide bonds. The maximum atomic E-state index is 12.6. The second-order valence-electron chi connectivity index (χ2n) is 6.82. The largest absolute Gasteiger partial charge is 0.367 e. The van der Waals surface area contributed by atoms with Crippen molar-refractivity contribution in [1.82, 2.24) is 20.6 Å². The first-order valence-corrected chi connectivity index (χ1v) is 9.40. The van der Waals surface area contributed by atoms with Gasteiger partial charge in [-0.15, -0.1) is 0 Å². The quantitative estimate of drug-likeness (QED) is 0.480. The van der Waals surface area contributed by atoms with Gasteiger partial charge in [0.1, 0.15) is 11.4 Å². The van der Waals surface area contributed by atoms with Crippen LogP contribution < -0.4 is 21.3 Å². The second kappa shape index (κ2) is 9.75. The Labute approximate surface area is 156 Å². The van der Waals surface area contributed by atoms with Crippen LogP contribution in [-0.4, -0.2) is 60.8 Å². The topological polar surface area (TPSA) is 100 Å². The summed E-state index contributed by atoms with van der Waals surface area (Å²) in [5.74, 6) is 0.527. The van der Waals surface area contributed by atoms with Crippen LogP contribution in [0.25, 0.3) is 0 Å². The van der Waals surface area contributed by atoms with E-state index in [4.69, 9.17) is 0 Å². The van der Waals surface area contributed by atoms with Gasteiger partial charge in [0.2, 0.25) is 5.95 Å². The highest BCUT2D eigenvalue weighted by atomic mass is 19.3. The van der Waals surface area contributed by atoms with Crippen LogP contribution in [0.1, 0.15) is 42.5 Å². The number of hydrogen-bond acceptors (Lipinski definition) is 7. The Morgan fingerprint density at radius 1 is 1.26 bits per heavy atom. The summed E-state index contributed by atoms with van der Waals surface area (Å²) in [6.45, 7) is -1.32. The van der Waals surface area contributed by atoms with Gasteiger partial charge in [0.15, 0.2) is 0 Å². The molecule has 1 saturated heterocycles. The fourth-order valence-corrected chi connectivity index (χ4v) is 3.15. The van der Waals surface area contributed by atoms with Crippen molar-refractivity contribution in [2.24, 2.45) is 0 Å². The number of nitrogens with zero attached hydrogens (tertiary/aromatic N) is 2. The summed E-state index contributed by atoms with van der Waals surface area (Å²) in [6.07, 6.45) is 7.05. The molecule has 3 rings (SSSR count). The summed E-state index contributed by atoms with van der Waals surface area (Å²) in [5.41, 5.74) is 0.391. The van der Waals surface area contributed by atoms with E-state index in [9.17, 15) is 13.6 Å². The van der Waals surface area contributed by atoms with Gasteiger partial charge >= 0.3 is 6.61 Å². The average Bonchev–Trinajstić information content (AvgIpc) is 2.62. The Bertz CT molecular complexity index is 623. The van der Waals surface area contributed by atoms with Gasteiger partial charge in [-0.25, -0.2) is 4.98 Å². The van der Waals surface area contributed by atoms with E-state index in [2.05, 4.69) is 36.0 Å². The van der Waals surface area contributed by atoms with Gasteiger partial charge in [-0.3, -0.25) is 4.79 Å². The lowest BCUT2D eigenvalue weighted by atomic mass is 9.95. The third kappa shape index (κ3) is 5.96. The number of carbonyl (C=O) groups excluding carboxylic acids is 1. The third-order valence-electron chi connectivity index (χ3n) is 4.73. The predicted molar refractivity (Wildman–Crippen MR) is 97.1 cm³/mol. The molecule has 10 heteroatoms. The van der Waals surface area contributed by atoms with Crippen molar-refractivity contribution in [1.29, 1.82) is 0 Å². The SMILES string of the molecule is O=C(NC1CNC1)c1cnc(NCCOC(F)F)nc1NC1CCCCC1. The monoisotopic (exact) mass is 384 g/mol. The zero-order chi connectivity index (χ0) is 19.1. The molecule has 0 spiro atoms. The average molecular weight is 384 g/mol. The molecule has 150 valence electrons. The highest BCUT2D eigenvalue weighted by Crippen LogP contribution is 2.23. The van der Waals surface area contributed by atoms with Crippen LogP contribution in [0.5, 0.6) is 0 Å². The van der Waals surface area contributed by atoms with Crippen molar-refractivity contribution in [2.75, 3.05) is 36.9 Å². The summed E-state index contributed by atoms with van der Waals surface area (Å²) >= 11 is 0.